The Bertz CT molecular complexity index is 961. The number of hydrogen-bond acceptors (Lipinski definition) is 6. The van der Waals surface area contributed by atoms with Gasteiger partial charge in [0.1, 0.15) is 11.3 Å². The average Bonchev–Trinajstić information content (AvgIpc) is 2.79. The van der Waals surface area contributed by atoms with Gasteiger partial charge >= 0.3 is 23.5 Å². The zero-order chi connectivity index (χ0) is 18.1. The van der Waals surface area contributed by atoms with Crippen LogP contribution in [0.15, 0.2) is 46.1 Å². The lowest BCUT2D eigenvalue weighted by molar-refractivity contribution is -0.143. The first-order valence-corrected chi connectivity index (χ1v) is 7.35. The highest BCUT2D eigenvalue weighted by Gasteiger charge is 2.43. The lowest BCUT2D eigenvalue weighted by Gasteiger charge is -2.15. The van der Waals surface area contributed by atoms with E-state index in [0.717, 1.165) is 9.80 Å². The summed E-state index contributed by atoms with van der Waals surface area (Å²) in [5.74, 6) is -1.37. The quantitative estimate of drug-likeness (QED) is 0.351. The third kappa shape index (κ3) is 2.78. The van der Waals surface area contributed by atoms with Gasteiger partial charge in [0.05, 0.1) is 13.7 Å². The summed E-state index contributed by atoms with van der Waals surface area (Å²) in [6.07, 6.45) is 1.35. The van der Waals surface area contributed by atoms with Crippen LogP contribution < -0.4 is 10.4 Å². The van der Waals surface area contributed by atoms with Crippen LogP contribution in [0.25, 0.3) is 11.0 Å². The standard InChI is InChI=1S/C17H14N2O6/c1-3-6-18-15(21)16(22)19(17(18)23)9-10-7-14(20)25-13-8-11(24-2)4-5-12(10)13/h3-5,7-8H,1,6,9H2,2H3. The number of carbonyl (C=O) groups excluding carboxylic acids is 3. The van der Waals surface area contributed by atoms with Gasteiger partial charge in [-0.2, -0.15) is 0 Å². The van der Waals surface area contributed by atoms with Gasteiger partial charge < -0.3 is 9.15 Å². The first-order chi connectivity index (χ1) is 12.0. The monoisotopic (exact) mass is 342 g/mol. The van der Waals surface area contributed by atoms with Crippen molar-refractivity contribution in [2.75, 3.05) is 13.7 Å². The molecule has 1 aliphatic heterocycles. The average molecular weight is 342 g/mol. The van der Waals surface area contributed by atoms with Crippen molar-refractivity contribution in [1.29, 1.82) is 0 Å². The number of benzene rings is 1. The van der Waals surface area contributed by atoms with Crippen LogP contribution in [0.5, 0.6) is 5.75 Å². The molecule has 1 saturated heterocycles. The van der Waals surface area contributed by atoms with Gasteiger partial charge in [0, 0.05) is 24.1 Å². The fourth-order valence-corrected chi connectivity index (χ4v) is 2.62. The first kappa shape index (κ1) is 16.4. The molecule has 1 aromatic heterocycles. The van der Waals surface area contributed by atoms with Crippen molar-refractivity contribution >= 4 is 28.8 Å². The van der Waals surface area contributed by atoms with Gasteiger partial charge in [0.25, 0.3) is 0 Å². The summed E-state index contributed by atoms with van der Waals surface area (Å²) >= 11 is 0. The van der Waals surface area contributed by atoms with E-state index in [1.807, 2.05) is 0 Å². The normalized spacial score (nSPS) is 14.5. The van der Waals surface area contributed by atoms with Gasteiger partial charge in [-0.05, 0) is 17.7 Å². The van der Waals surface area contributed by atoms with E-state index in [1.165, 1.54) is 25.3 Å². The third-order valence-electron chi connectivity index (χ3n) is 3.81. The number of urea groups is 1. The van der Waals surface area contributed by atoms with E-state index in [1.54, 1.807) is 12.1 Å². The predicted molar refractivity (Wildman–Crippen MR) is 86.9 cm³/mol. The number of nitrogens with zero attached hydrogens (tertiary/aromatic N) is 2. The van der Waals surface area contributed by atoms with E-state index in [9.17, 15) is 19.2 Å². The number of imide groups is 2. The molecule has 2 aromatic rings. The molecule has 0 radical (unpaired) electrons. The van der Waals surface area contributed by atoms with E-state index >= 15 is 0 Å². The lowest BCUT2D eigenvalue weighted by Crippen LogP contribution is -2.33. The molecule has 8 heteroatoms. The molecule has 0 saturated carbocycles. The van der Waals surface area contributed by atoms with Crippen LogP contribution in [0, 0.1) is 0 Å². The highest BCUT2D eigenvalue weighted by Crippen LogP contribution is 2.25. The fourth-order valence-electron chi connectivity index (χ4n) is 2.62. The maximum absolute atomic E-state index is 12.3. The van der Waals surface area contributed by atoms with E-state index in [2.05, 4.69) is 6.58 Å². The molecule has 0 N–H and O–H groups in total. The van der Waals surface area contributed by atoms with Gasteiger partial charge in [0.2, 0.25) is 0 Å². The van der Waals surface area contributed by atoms with Crippen molar-refractivity contribution in [1.82, 2.24) is 9.80 Å². The Morgan fingerprint density at radius 2 is 1.84 bits per heavy atom. The molecule has 0 aliphatic carbocycles. The van der Waals surface area contributed by atoms with Gasteiger partial charge in [-0.1, -0.05) is 6.08 Å². The summed E-state index contributed by atoms with van der Waals surface area (Å²) in [4.78, 5) is 49.6. The van der Waals surface area contributed by atoms with Crippen LogP contribution in [0.3, 0.4) is 0 Å². The molecule has 8 nitrogen and oxygen atoms in total. The third-order valence-corrected chi connectivity index (χ3v) is 3.81. The number of fused-ring (bicyclic) bond motifs is 1. The van der Waals surface area contributed by atoms with Crippen molar-refractivity contribution in [3.05, 3.63) is 52.9 Å². The Morgan fingerprint density at radius 1 is 1.12 bits per heavy atom. The second-order valence-corrected chi connectivity index (χ2v) is 5.33. The summed E-state index contributed by atoms with van der Waals surface area (Å²) in [7, 11) is 1.48. The van der Waals surface area contributed by atoms with Crippen molar-refractivity contribution in [2.45, 2.75) is 6.54 Å². The summed E-state index contributed by atoms with van der Waals surface area (Å²) in [6.45, 7) is 3.18. The zero-order valence-electron chi connectivity index (χ0n) is 13.4. The van der Waals surface area contributed by atoms with Crippen LogP contribution >= 0.6 is 0 Å². The maximum atomic E-state index is 12.3. The van der Waals surface area contributed by atoms with Gasteiger partial charge in [-0.3, -0.25) is 19.4 Å². The van der Waals surface area contributed by atoms with Gasteiger partial charge in [-0.25, -0.2) is 9.59 Å². The highest BCUT2D eigenvalue weighted by atomic mass is 16.5. The van der Waals surface area contributed by atoms with Crippen LogP contribution in [0.4, 0.5) is 4.79 Å². The Hall–Kier alpha value is -3.42. The molecule has 25 heavy (non-hydrogen) atoms. The molecule has 2 heterocycles. The Kier molecular flexibility index (Phi) is 4.10. The fraction of sp³-hybridized carbons (Fsp3) is 0.176. The highest BCUT2D eigenvalue weighted by molar-refractivity contribution is 6.44. The number of methoxy groups -OCH3 is 1. The smallest absolute Gasteiger partial charge is 0.336 e. The van der Waals surface area contributed by atoms with Crippen LogP contribution in [0.1, 0.15) is 5.56 Å². The summed E-state index contributed by atoms with van der Waals surface area (Å²) in [6, 6.07) is 5.29. The number of carbonyl (C=O) groups is 3. The minimum Gasteiger partial charge on any atom is -0.497 e. The summed E-state index contributed by atoms with van der Waals surface area (Å²) < 4.78 is 10.2. The van der Waals surface area contributed by atoms with Crippen LogP contribution in [-0.4, -0.2) is 41.3 Å². The predicted octanol–water partition coefficient (Wildman–Crippen LogP) is 1.28. The number of ether oxygens (including phenoxy) is 1. The molecule has 1 fully saturated rings. The van der Waals surface area contributed by atoms with Crippen molar-refractivity contribution in [3.63, 3.8) is 0 Å². The second kappa shape index (κ2) is 6.23. The number of rotatable bonds is 5. The molecule has 1 aromatic carbocycles. The number of amides is 4. The van der Waals surface area contributed by atoms with Crippen LogP contribution in [-0.2, 0) is 16.1 Å². The number of hydrogen-bond donors (Lipinski definition) is 0. The molecule has 0 unspecified atom stereocenters. The van der Waals surface area contributed by atoms with Crippen molar-refractivity contribution < 1.29 is 23.5 Å². The second-order valence-electron chi connectivity index (χ2n) is 5.33. The topological polar surface area (TPSA) is 97.1 Å². The summed E-state index contributed by atoms with van der Waals surface area (Å²) in [5, 5.41) is 0.538. The van der Waals surface area contributed by atoms with E-state index in [4.69, 9.17) is 9.15 Å². The Morgan fingerprint density at radius 3 is 2.52 bits per heavy atom. The van der Waals surface area contributed by atoms with Crippen LogP contribution in [0.2, 0.25) is 0 Å². The molecule has 128 valence electrons. The minimum absolute atomic E-state index is 0.0607. The molecule has 1 aliphatic rings. The van der Waals surface area contributed by atoms with Gasteiger partial charge in [0.15, 0.2) is 0 Å². The molecule has 0 spiro atoms. The Balaban J connectivity index is 2.02. The van der Waals surface area contributed by atoms with E-state index < -0.39 is 23.5 Å². The Labute approximate surface area is 141 Å². The molecule has 4 amide bonds. The minimum atomic E-state index is -0.943. The molecule has 0 bridgehead atoms. The summed E-state index contributed by atoms with van der Waals surface area (Å²) in [5.41, 5.74) is 0.0168. The van der Waals surface area contributed by atoms with Gasteiger partial charge in [-0.15, -0.1) is 6.58 Å². The van der Waals surface area contributed by atoms with Crippen molar-refractivity contribution in [3.8, 4) is 5.75 Å². The van der Waals surface area contributed by atoms with Crippen molar-refractivity contribution in [2.24, 2.45) is 0 Å². The molecular weight excluding hydrogens is 328 g/mol. The van der Waals surface area contributed by atoms with E-state index in [0.29, 0.717) is 16.7 Å². The maximum Gasteiger partial charge on any atom is 0.336 e. The molecule has 3 rings (SSSR count). The van der Waals surface area contributed by atoms with E-state index in [-0.39, 0.29) is 18.7 Å². The largest absolute Gasteiger partial charge is 0.497 e. The zero-order valence-corrected chi connectivity index (χ0v) is 13.4. The molecular formula is C17H14N2O6. The molecule has 0 atom stereocenters. The first-order valence-electron chi connectivity index (χ1n) is 7.35. The SMILES string of the molecule is C=CCN1C(=O)C(=O)N(Cc2cc(=O)oc3cc(OC)ccc23)C1=O. The lowest BCUT2D eigenvalue weighted by atomic mass is 10.1.